The van der Waals surface area contributed by atoms with Crippen LogP contribution in [0, 0.1) is 23.1 Å². The number of likely N-dealkylation sites (tertiary alicyclic amines) is 1. The fraction of sp³-hybridized carbons (Fsp3) is 0.682. The molecule has 2 unspecified atom stereocenters. The molecule has 0 bridgehead atoms. The van der Waals surface area contributed by atoms with E-state index in [1.54, 1.807) is 12.1 Å². The van der Waals surface area contributed by atoms with E-state index < -0.39 is 0 Å². The predicted molar refractivity (Wildman–Crippen MR) is 106 cm³/mol. The Morgan fingerprint density at radius 1 is 1.32 bits per heavy atom. The molecular weight excluding hydrogens is 357 g/mol. The number of rotatable bonds is 7. The van der Waals surface area contributed by atoms with Crippen molar-refractivity contribution in [2.45, 2.75) is 45.1 Å². The Labute approximate surface area is 167 Å². The Bertz CT molecular complexity index is 686. The molecule has 0 amide bonds. The van der Waals surface area contributed by atoms with E-state index in [0.29, 0.717) is 12.5 Å². The van der Waals surface area contributed by atoms with Crippen LogP contribution in [0.2, 0.25) is 0 Å². The Hall–Kier alpha value is -1.50. The van der Waals surface area contributed by atoms with Gasteiger partial charge in [0.1, 0.15) is 5.82 Å². The highest BCUT2D eigenvalue weighted by atomic mass is 19.1. The summed E-state index contributed by atoms with van der Waals surface area (Å²) < 4.78 is 19.1. The van der Waals surface area contributed by atoms with Crippen molar-refractivity contribution >= 4 is 5.97 Å². The third-order valence-electron chi connectivity index (χ3n) is 6.69. The smallest absolute Gasteiger partial charge is 0.312 e. The van der Waals surface area contributed by atoms with Crippen molar-refractivity contribution in [2.75, 3.05) is 32.8 Å². The van der Waals surface area contributed by atoms with Gasteiger partial charge in [-0.2, -0.15) is 0 Å². The van der Waals surface area contributed by atoms with Crippen molar-refractivity contribution in [2.24, 2.45) is 17.3 Å². The maximum absolute atomic E-state index is 13.6. The van der Waals surface area contributed by atoms with Gasteiger partial charge in [-0.1, -0.05) is 25.0 Å². The van der Waals surface area contributed by atoms with E-state index in [4.69, 9.17) is 4.74 Å². The summed E-state index contributed by atoms with van der Waals surface area (Å²) in [6.45, 7) is 6.02. The van der Waals surface area contributed by atoms with Crippen molar-refractivity contribution in [1.82, 2.24) is 15.8 Å². The largest absolute Gasteiger partial charge is 0.466 e. The average Bonchev–Trinajstić information content (AvgIpc) is 3.38. The molecule has 6 heteroatoms. The third-order valence-corrected chi connectivity index (χ3v) is 6.69. The van der Waals surface area contributed by atoms with Crippen molar-refractivity contribution in [3.05, 3.63) is 35.6 Å². The minimum absolute atomic E-state index is 0.0170. The molecule has 154 valence electrons. The summed E-state index contributed by atoms with van der Waals surface area (Å²) in [5.41, 5.74) is 7.26. The van der Waals surface area contributed by atoms with Gasteiger partial charge in [0.25, 0.3) is 0 Å². The van der Waals surface area contributed by atoms with Crippen molar-refractivity contribution in [3.8, 4) is 0 Å². The zero-order valence-corrected chi connectivity index (χ0v) is 16.8. The van der Waals surface area contributed by atoms with Crippen molar-refractivity contribution in [3.63, 3.8) is 0 Å². The van der Waals surface area contributed by atoms with Crippen molar-refractivity contribution < 1.29 is 13.9 Å². The lowest BCUT2D eigenvalue weighted by molar-refractivity contribution is -0.159. The van der Waals surface area contributed by atoms with Crippen LogP contribution >= 0.6 is 0 Å². The molecule has 4 rings (SSSR count). The maximum atomic E-state index is 13.6. The molecule has 3 fully saturated rings. The van der Waals surface area contributed by atoms with Crippen LogP contribution in [0.3, 0.4) is 0 Å². The second-order valence-electron chi connectivity index (χ2n) is 8.77. The zero-order chi connectivity index (χ0) is 19.6. The van der Waals surface area contributed by atoms with Crippen LogP contribution in [-0.2, 0) is 9.53 Å². The van der Waals surface area contributed by atoms with E-state index >= 15 is 0 Å². The van der Waals surface area contributed by atoms with Crippen LogP contribution in [0.4, 0.5) is 4.39 Å². The number of hydrazine groups is 1. The number of hydrogen-bond donors (Lipinski definition) is 2. The van der Waals surface area contributed by atoms with Gasteiger partial charge >= 0.3 is 5.97 Å². The van der Waals surface area contributed by atoms with Gasteiger partial charge < -0.3 is 9.64 Å². The van der Waals surface area contributed by atoms with Crippen LogP contribution < -0.4 is 10.9 Å². The molecule has 1 saturated carbocycles. The number of esters is 1. The van der Waals surface area contributed by atoms with E-state index in [1.165, 1.54) is 18.9 Å². The maximum Gasteiger partial charge on any atom is 0.312 e. The topological polar surface area (TPSA) is 53.6 Å². The lowest BCUT2D eigenvalue weighted by Gasteiger charge is -2.41. The number of halogens is 1. The van der Waals surface area contributed by atoms with E-state index in [2.05, 4.69) is 15.8 Å². The molecule has 2 heterocycles. The quantitative estimate of drug-likeness (QED) is 0.702. The summed E-state index contributed by atoms with van der Waals surface area (Å²) in [7, 11) is 0. The minimum atomic E-state index is -0.276. The summed E-state index contributed by atoms with van der Waals surface area (Å²) in [6.07, 6.45) is 5.30. The first-order valence-electron chi connectivity index (χ1n) is 10.7. The number of piperidine rings is 1. The number of carbonyl (C=O) groups is 1. The lowest BCUT2D eigenvalue weighted by Crippen LogP contribution is -2.47. The van der Waals surface area contributed by atoms with Gasteiger partial charge in [0.2, 0.25) is 0 Å². The van der Waals surface area contributed by atoms with Gasteiger partial charge in [-0.05, 0) is 62.9 Å². The van der Waals surface area contributed by atoms with Crippen LogP contribution in [-0.4, -0.2) is 43.7 Å². The average molecular weight is 390 g/mol. The van der Waals surface area contributed by atoms with Crippen LogP contribution in [0.5, 0.6) is 0 Å². The number of nitrogens with one attached hydrogen (secondary N) is 2. The highest BCUT2D eigenvalue weighted by Gasteiger charge is 2.46. The van der Waals surface area contributed by atoms with Crippen LogP contribution in [0.25, 0.3) is 0 Å². The number of hydrogen-bond acceptors (Lipinski definition) is 5. The van der Waals surface area contributed by atoms with Crippen LogP contribution in [0.1, 0.15) is 50.6 Å². The molecule has 0 radical (unpaired) electrons. The fourth-order valence-electron chi connectivity index (χ4n) is 4.91. The second kappa shape index (κ2) is 8.47. The number of ether oxygens (including phenoxy) is 1. The third kappa shape index (κ3) is 4.39. The van der Waals surface area contributed by atoms with Gasteiger partial charge in [0, 0.05) is 19.0 Å². The van der Waals surface area contributed by atoms with Gasteiger partial charge in [-0.15, -0.1) is 0 Å². The van der Waals surface area contributed by atoms with Gasteiger partial charge in [-0.25, -0.2) is 9.82 Å². The molecule has 0 spiro atoms. The molecule has 1 aromatic rings. The fourth-order valence-corrected chi connectivity index (χ4v) is 4.91. The highest BCUT2D eigenvalue weighted by Crippen LogP contribution is 2.46. The first-order chi connectivity index (χ1) is 13.6. The molecule has 28 heavy (non-hydrogen) atoms. The summed E-state index contributed by atoms with van der Waals surface area (Å²) >= 11 is 0. The van der Waals surface area contributed by atoms with Gasteiger partial charge in [0.15, 0.2) is 0 Å². The van der Waals surface area contributed by atoms with Crippen molar-refractivity contribution in [1.29, 1.82) is 0 Å². The Morgan fingerprint density at radius 3 is 2.79 bits per heavy atom. The molecule has 1 aliphatic carbocycles. The molecule has 3 aliphatic rings. The van der Waals surface area contributed by atoms with Gasteiger partial charge in [0.05, 0.1) is 18.1 Å². The molecule has 5 nitrogen and oxygen atoms in total. The Morgan fingerprint density at radius 2 is 2.11 bits per heavy atom. The van der Waals surface area contributed by atoms with Gasteiger partial charge in [-0.3, -0.25) is 10.2 Å². The zero-order valence-electron chi connectivity index (χ0n) is 16.8. The molecular formula is C22H32FN3O2. The summed E-state index contributed by atoms with van der Waals surface area (Å²) in [6, 6.07) is 6.97. The van der Waals surface area contributed by atoms with E-state index in [0.717, 1.165) is 56.9 Å². The Kier molecular flexibility index (Phi) is 5.99. The minimum Gasteiger partial charge on any atom is -0.466 e. The lowest BCUT2D eigenvalue weighted by atomic mass is 9.74. The summed E-state index contributed by atoms with van der Waals surface area (Å²) in [5, 5.41) is 0. The molecule has 2 N–H and O–H groups in total. The van der Waals surface area contributed by atoms with Crippen LogP contribution in [0.15, 0.2) is 24.3 Å². The molecule has 2 atom stereocenters. The first kappa shape index (κ1) is 19.8. The van der Waals surface area contributed by atoms with E-state index in [-0.39, 0.29) is 23.2 Å². The summed E-state index contributed by atoms with van der Waals surface area (Å²) in [4.78, 5) is 15.2. The second-order valence-corrected chi connectivity index (χ2v) is 8.77. The standard InChI is InChI=1S/C22H32FN3O2/c1-2-28-21(27)22(13-16-6-7-16)8-10-26(11-9-22)15-18-14-24-25-20(18)17-4-3-5-19(23)12-17/h3-5,12,16,18,20,24-25H,2,6-11,13-15H2,1H3. The summed E-state index contributed by atoms with van der Waals surface area (Å²) in [5.74, 6) is 0.919. The molecule has 1 aromatic carbocycles. The van der Waals surface area contributed by atoms with E-state index in [9.17, 15) is 9.18 Å². The number of benzene rings is 1. The predicted octanol–water partition coefficient (Wildman–Crippen LogP) is 3.04. The van der Waals surface area contributed by atoms with E-state index in [1.807, 2.05) is 13.0 Å². The molecule has 0 aromatic heterocycles. The SMILES string of the molecule is CCOC(=O)C1(CC2CC2)CCN(CC2CNNC2c2cccc(F)c2)CC1. The highest BCUT2D eigenvalue weighted by molar-refractivity contribution is 5.77. The monoisotopic (exact) mass is 389 g/mol. The number of nitrogens with zero attached hydrogens (tertiary/aromatic N) is 1. The Balaban J connectivity index is 1.37. The molecule has 2 saturated heterocycles. The molecule has 2 aliphatic heterocycles. The first-order valence-corrected chi connectivity index (χ1v) is 10.7. The number of carbonyl (C=O) groups excluding carboxylic acids is 1. The normalized spacial score (nSPS) is 27.6.